The Morgan fingerprint density at radius 1 is 0.563 bits per heavy atom. The zero-order chi connectivity index (χ0) is 49.6. The maximum absolute atomic E-state index is 13.0. The first kappa shape index (κ1) is 48.4. The van der Waals surface area contributed by atoms with Crippen LogP contribution in [0.1, 0.15) is 47.9 Å². The van der Waals surface area contributed by atoms with E-state index in [0.29, 0.717) is 52.0 Å². The number of imide groups is 2. The van der Waals surface area contributed by atoms with Gasteiger partial charge in [0, 0.05) is 73.0 Å². The first-order valence-electron chi connectivity index (χ1n) is 23.5. The number of carbonyl (C=O) groups excluding carboxylic acids is 4. The topological polar surface area (TPSA) is 184 Å². The fourth-order valence-electron chi connectivity index (χ4n) is 9.32. The predicted molar refractivity (Wildman–Crippen MR) is 276 cm³/mol. The van der Waals surface area contributed by atoms with Gasteiger partial charge in [-0.15, -0.1) is 0 Å². The van der Waals surface area contributed by atoms with E-state index in [2.05, 4.69) is 30.1 Å². The first-order valence-corrected chi connectivity index (χ1v) is 25.3. The van der Waals surface area contributed by atoms with E-state index >= 15 is 0 Å². The number of nitrogens with zero attached hydrogens (tertiary/aromatic N) is 5. The maximum atomic E-state index is 13.0. The molecule has 2 N–H and O–H groups in total. The molecule has 1 fully saturated rings. The number of amides is 4. The lowest BCUT2D eigenvalue weighted by Gasteiger charge is -2.10. The Labute approximate surface area is 410 Å². The summed E-state index contributed by atoms with van der Waals surface area (Å²) < 4.78 is 36.2. The molecule has 71 heavy (non-hydrogen) atoms. The highest BCUT2D eigenvalue weighted by atomic mass is 32.2. The third kappa shape index (κ3) is 10.5. The van der Waals surface area contributed by atoms with Crippen LogP contribution in [0.3, 0.4) is 0 Å². The van der Waals surface area contributed by atoms with Crippen molar-refractivity contribution in [2.24, 2.45) is 0 Å². The number of nitrogens with one attached hydrogen (secondary N) is 2. The zero-order valence-electron chi connectivity index (χ0n) is 39.7. The van der Waals surface area contributed by atoms with E-state index in [-0.39, 0.29) is 18.4 Å². The van der Waals surface area contributed by atoms with Crippen LogP contribution in [-0.4, -0.2) is 103 Å². The maximum Gasteiger partial charge on any atom is 0.264 e. The van der Waals surface area contributed by atoms with Crippen molar-refractivity contribution in [2.45, 2.75) is 38.8 Å². The summed E-state index contributed by atoms with van der Waals surface area (Å²) in [5.74, 6) is -1.63. The molecule has 0 spiro atoms. The van der Waals surface area contributed by atoms with Crippen molar-refractivity contribution in [1.82, 2.24) is 34.6 Å². The van der Waals surface area contributed by atoms with Gasteiger partial charge < -0.3 is 18.8 Å². The smallest absolute Gasteiger partial charge is 0.264 e. The van der Waals surface area contributed by atoms with Gasteiger partial charge in [0.05, 0.1) is 35.2 Å². The van der Waals surface area contributed by atoms with Crippen molar-refractivity contribution in [3.8, 4) is 0 Å². The summed E-state index contributed by atoms with van der Waals surface area (Å²) in [6, 6.07) is 34.6. The van der Waals surface area contributed by atoms with Gasteiger partial charge in [0.2, 0.25) is 0 Å². The van der Waals surface area contributed by atoms with Crippen LogP contribution in [0, 0.1) is 0 Å². The summed E-state index contributed by atoms with van der Waals surface area (Å²) in [4.78, 5) is 63.2. The SMILES string of the molecule is C1CCOC1.CN(C)CCCn1cc(C2=C(c3cccc4ccccc34)C(=O)NC2=O)c2cccnc21.CS(=O)(=O)OCCCn1cc(C2=C(c3cccc4ccccc34)C(=O)NC2=O)c2cccnc21. The van der Waals surface area contributed by atoms with E-state index in [1.165, 1.54) is 12.8 Å². The number of pyridine rings is 2. The highest BCUT2D eigenvalue weighted by Crippen LogP contribution is 2.40. The molecule has 0 saturated carbocycles. The van der Waals surface area contributed by atoms with Crippen molar-refractivity contribution in [2.75, 3.05) is 46.7 Å². The monoisotopic (exact) mass is 971 g/mol. The molecule has 0 unspecified atom stereocenters. The van der Waals surface area contributed by atoms with E-state index < -0.39 is 21.9 Å². The molecular weight excluding hydrogens is 919 g/mol. The van der Waals surface area contributed by atoms with Crippen LogP contribution in [0.25, 0.3) is 65.9 Å². The van der Waals surface area contributed by atoms with Crippen molar-refractivity contribution < 1.29 is 36.5 Å². The molecule has 4 aromatic carbocycles. The summed E-state index contributed by atoms with van der Waals surface area (Å²) in [7, 11) is 0.577. The Bertz CT molecular complexity index is 3530. The average Bonchev–Trinajstić information content (AvgIpc) is 4.22. The lowest BCUT2D eigenvalue weighted by molar-refractivity contribution is -0.124. The summed E-state index contributed by atoms with van der Waals surface area (Å²) in [5.41, 5.74) is 5.69. The molecule has 3 aliphatic heterocycles. The summed E-state index contributed by atoms with van der Waals surface area (Å²) >= 11 is 0. The lowest BCUT2D eigenvalue weighted by Crippen LogP contribution is -2.22. The van der Waals surface area contributed by atoms with Crippen LogP contribution in [0.5, 0.6) is 0 Å². The molecule has 362 valence electrons. The highest BCUT2D eigenvalue weighted by Gasteiger charge is 2.36. The first-order chi connectivity index (χ1) is 34.4. The Morgan fingerprint density at radius 3 is 1.42 bits per heavy atom. The molecule has 16 heteroatoms. The van der Waals surface area contributed by atoms with Gasteiger partial charge in [-0.2, -0.15) is 8.42 Å². The molecule has 7 heterocycles. The summed E-state index contributed by atoms with van der Waals surface area (Å²) in [5, 5.41) is 10.4. The van der Waals surface area contributed by atoms with Gasteiger partial charge in [0.1, 0.15) is 11.3 Å². The van der Waals surface area contributed by atoms with Crippen molar-refractivity contribution >= 4 is 99.7 Å². The van der Waals surface area contributed by atoms with E-state index in [4.69, 9.17) is 8.92 Å². The average molecular weight is 972 g/mol. The fourth-order valence-corrected chi connectivity index (χ4v) is 9.74. The fraction of sp³-hybridized carbons (Fsp3) is 0.236. The number of ether oxygens (including phenoxy) is 1. The van der Waals surface area contributed by atoms with Gasteiger partial charge in [0.15, 0.2) is 0 Å². The molecule has 0 atom stereocenters. The highest BCUT2D eigenvalue weighted by molar-refractivity contribution is 7.85. The molecule has 4 amide bonds. The lowest BCUT2D eigenvalue weighted by atomic mass is 9.93. The van der Waals surface area contributed by atoms with Gasteiger partial charge in [-0.1, -0.05) is 84.9 Å². The standard InChI is InChI=1S/C26H24N4O2.C25H21N3O5S.C4H8O/c1-29(2)14-7-15-30-16-21(20-12-6-13-27-24(20)30)23-22(25(31)28-26(23)32)19-11-5-9-17-8-3-4-10-18(17)19;1-34(31,32)33-14-6-13-28-15-20(19-11-5-12-26-23(19)28)22-21(24(29)27-25(22)30)18-10-4-8-16-7-2-3-9-17(16)18;1-2-4-5-3-1/h3-6,8-13,16H,7,14-15H2,1-2H3,(H,28,31,32);2-5,7-12,15H,6,13-14H2,1H3,(H,27,29,30);1-4H2. The number of carbonyl (C=O) groups is 4. The van der Waals surface area contributed by atoms with Crippen molar-refractivity contribution in [3.63, 3.8) is 0 Å². The molecule has 1 saturated heterocycles. The van der Waals surface area contributed by atoms with Gasteiger partial charge in [-0.25, -0.2) is 9.97 Å². The number of aryl methyl sites for hydroxylation is 2. The quantitative estimate of drug-likeness (QED) is 0.0658. The van der Waals surface area contributed by atoms with Gasteiger partial charge in [-0.3, -0.25) is 34.0 Å². The third-order valence-electron chi connectivity index (χ3n) is 12.5. The number of aromatic nitrogens is 4. The van der Waals surface area contributed by atoms with Crippen LogP contribution in [-0.2, 0) is 51.3 Å². The number of fused-ring (bicyclic) bond motifs is 4. The van der Waals surface area contributed by atoms with Crippen LogP contribution in [0.15, 0.2) is 134 Å². The Balaban J connectivity index is 0.000000160. The van der Waals surface area contributed by atoms with Gasteiger partial charge in [0.25, 0.3) is 33.7 Å². The third-order valence-corrected chi connectivity index (χ3v) is 13.1. The minimum Gasteiger partial charge on any atom is -0.381 e. The summed E-state index contributed by atoms with van der Waals surface area (Å²) in [6.45, 7) is 4.18. The van der Waals surface area contributed by atoms with E-state index in [9.17, 15) is 27.6 Å². The molecule has 8 aromatic rings. The number of benzene rings is 4. The molecule has 0 radical (unpaired) electrons. The largest absolute Gasteiger partial charge is 0.381 e. The number of rotatable bonds is 13. The zero-order valence-corrected chi connectivity index (χ0v) is 40.5. The van der Waals surface area contributed by atoms with E-state index in [1.807, 2.05) is 128 Å². The van der Waals surface area contributed by atoms with Crippen LogP contribution in [0.4, 0.5) is 0 Å². The molecule has 15 nitrogen and oxygen atoms in total. The Kier molecular flexibility index (Phi) is 14.4. The Morgan fingerprint density at radius 2 is 0.986 bits per heavy atom. The van der Waals surface area contributed by atoms with Crippen molar-refractivity contribution in [1.29, 1.82) is 0 Å². The van der Waals surface area contributed by atoms with Crippen LogP contribution in [0.2, 0.25) is 0 Å². The summed E-state index contributed by atoms with van der Waals surface area (Å²) in [6.07, 6.45) is 12.1. The minimum absolute atomic E-state index is 0.0313. The molecule has 0 aliphatic carbocycles. The second-order valence-electron chi connectivity index (χ2n) is 17.7. The van der Waals surface area contributed by atoms with Gasteiger partial charge in [-0.05, 0) is 103 Å². The van der Waals surface area contributed by atoms with E-state index in [0.717, 1.165) is 88.1 Å². The van der Waals surface area contributed by atoms with E-state index in [1.54, 1.807) is 24.7 Å². The van der Waals surface area contributed by atoms with Crippen molar-refractivity contribution in [3.05, 3.63) is 156 Å². The predicted octanol–water partition coefficient (Wildman–Crippen LogP) is 7.63. The second kappa shape index (κ2) is 21.2. The molecule has 0 bridgehead atoms. The molecule has 3 aliphatic rings. The normalized spacial score (nSPS) is 15.0. The second-order valence-corrected chi connectivity index (χ2v) is 19.3. The van der Waals surface area contributed by atoms with Crippen LogP contribution < -0.4 is 10.6 Å². The molecular formula is C55H53N7O8S. The van der Waals surface area contributed by atoms with Gasteiger partial charge >= 0.3 is 0 Å². The molecule has 4 aromatic heterocycles. The Hall–Kier alpha value is -7.63. The number of hydrogen-bond donors (Lipinski definition) is 2. The minimum atomic E-state index is -3.52. The number of hydrogen-bond acceptors (Lipinski definition) is 11. The van der Waals surface area contributed by atoms with Crippen LogP contribution >= 0.6 is 0 Å². The molecule has 11 rings (SSSR count).